The summed E-state index contributed by atoms with van der Waals surface area (Å²) in [5.41, 5.74) is 1.21. The van der Waals surface area contributed by atoms with Crippen molar-refractivity contribution < 1.29 is 9.53 Å². The van der Waals surface area contributed by atoms with Gasteiger partial charge in [0.25, 0.3) is 5.91 Å². The molecule has 1 rings (SSSR count). The van der Waals surface area contributed by atoms with Crippen LogP contribution < -0.4 is 4.74 Å². The maximum atomic E-state index is 11.3. The van der Waals surface area contributed by atoms with Gasteiger partial charge in [-0.05, 0) is 24.1 Å². The van der Waals surface area contributed by atoms with E-state index in [1.807, 2.05) is 24.3 Å². The van der Waals surface area contributed by atoms with Crippen LogP contribution in [-0.4, -0.2) is 31.5 Å². The molecule has 0 aromatic heterocycles. The molecule has 0 saturated heterocycles. The number of rotatable bonds is 4. The summed E-state index contributed by atoms with van der Waals surface area (Å²) in [6.07, 6.45) is 2.22. The van der Waals surface area contributed by atoms with E-state index in [1.54, 1.807) is 14.1 Å². The lowest BCUT2D eigenvalue weighted by Gasteiger charge is -2.11. The fourth-order valence-corrected chi connectivity index (χ4v) is 1.13. The molecule has 0 atom stereocenters. The molecule has 0 unspecified atom stereocenters. The number of hydrogen-bond acceptors (Lipinski definition) is 2. The van der Waals surface area contributed by atoms with Gasteiger partial charge in [0.2, 0.25) is 0 Å². The van der Waals surface area contributed by atoms with Crippen LogP contribution in [-0.2, 0) is 11.2 Å². The summed E-state index contributed by atoms with van der Waals surface area (Å²) >= 11 is 0. The molecule has 0 aliphatic rings. The number of carbonyl (C=O) groups excluding carboxylic acids is 1. The van der Waals surface area contributed by atoms with Crippen molar-refractivity contribution in [2.24, 2.45) is 0 Å². The predicted octanol–water partition coefficient (Wildman–Crippen LogP) is 3.13. The molecule has 18 heavy (non-hydrogen) atoms. The highest BCUT2D eigenvalue weighted by Crippen LogP contribution is 2.13. The molecule has 1 aromatic carbocycles. The molecule has 0 heterocycles. The molecule has 0 spiro atoms. The van der Waals surface area contributed by atoms with E-state index in [2.05, 4.69) is 20.8 Å². The largest absolute Gasteiger partial charge is 0.484 e. The fourth-order valence-electron chi connectivity index (χ4n) is 1.13. The Morgan fingerprint density at radius 3 is 2.33 bits per heavy atom. The smallest absolute Gasteiger partial charge is 0.259 e. The topological polar surface area (TPSA) is 29.5 Å². The molecule has 0 bridgehead atoms. The third-order valence-electron chi connectivity index (χ3n) is 2.17. The number of hydrogen-bond donors (Lipinski definition) is 0. The summed E-state index contributed by atoms with van der Waals surface area (Å²) in [4.78, 5) is 12.8. The van der Waals surface area contributed by atoms with E-state index in [4.69, 9.17) is 4.74 Å². The monoisotopic (exact) mass is 251 g/mol. The van der Waals surface area contributed by atoms with Gasteiger partial charge in [0.05, 0.1) is 0 Å². The molecule has 0 fully saturated rings. The second-order valence-corrected chi connectivity index (χ2v) is 4.28. The Hall–Kier alpha value is -1.51. The van der Waals surface area contributed by atoms with Crippen LogP contribution >= 0.6 is 0 Å². The second-order valence-electron chi connectivity index (χ2n) is 4.28. The molecule has 0 N–H and O–H groups in total. The minimum Gasteiger partial charge on any atom is -0.484 e. The standard InChI is InChI=1S/C12H17NO2.C3H8/c1-4-10-6-5-7-11(8-10)15-9-12(14)13(2)3;1-3-2/h5-8H,4,9H2,1-3H3;3H2,1-2H3. The van der Waals surface area contributed by atoms with E-state index in [0.29, 0.717) is 0 Å². The van der Waals surface area contributed by atoms with Crippen molar-refractivity contribution in [2.45, 2.75) is 33.6 Å². The lowest BCUT2D eigenvalue weighted by molar-refractivity contribution is -0.130. The van der Waals surface area contributed by atoms with E-state index >= 15 is 0 Å². The SMILES string of the molecule is CCC.CCc1cccc(OCC(=O)N(C)C)c1. The average molecular weight is 251 g/mol. The van der Waals surface area contributed by atoms with Crippen molar-refractivity contribution in [3.8, 4) is 5.75 Å². The van der Waals surface area contributed by atoms with E-state index in [1.165, 1.54) is 16.9 Å². The van der Waals surface area contributed by atoms with Crippen LogP contribution in [0.3, 0.4) is 0 Å². The molecule has 0 saturated carbocycles. The van der Waals surface area contributed by atoms with Crippen LogP contribution in [0.4, 0.5) is 0 Å². The van der Waals surface area contributed by atoms with E-state index in [0.717, 1.165) is 12.2 Å². The summed E-state index contributed by atoms with van der Waals surface area (Å²) in [6.45, 7) is 6.43. The van der Waals surface area contributed by atoms with Gasteiger partial charge in [-0.15, -0.1) is 0 Å². The zero-order valence-corrected chi connectivity index (χ0v) is 12.2. The van der Waals surface area contributed by atoms with E-state index in [9.17, 15) is 4.79 Å². The maximum absolute atomic E-state index is 11.3. The minimum atomic E-state index is -0.0306. The Labute approximate surface area is 111 Å². The van der Waals surface area contributed by atoms with Crippen molar-refractivity contribution in [1.29, 1.82) is 0 Å². The maximum Gasteiger partial charge on any atom is 0.259 e. The number of nitrogens with zero attached hydrogens (tertiary/aromatic N) is 1. The van der Waals surface area contributed by atoms with Crippen LogP contribution in [0.2, 0.25) is 0 Å². The van der Waals surface area contributed by atoms with E-state index in [-0.39, 0.29) is 12.5 Å². The van der Waals surface area contributed by atoms with Crippen LogP contribution in [0.25, 0.3) is 0 Å². The number of ether oxygens (including phenoxy) is 1. The van der Waals surface area contributed by atoms with Crippen LogP contribution in [0.1, 0.15) is 32.8 Å². The Morgan fingerprint density at radius 2 is 1.83 bits per heavy atom. The van der Waals surface area contributed by atoms with Crippen LogP contribution in [0.5, 0.6) is 5.75 Å². The van der Waals surface area contributed by atoms with Crippen LogP contribution in [0, 0.1) is 0 Å². The lowest BCUT2D eigenvalue weighted by atomic mass is 10.2. The molecule has 1 amide bonds. The third kappa shape index (κ3) is 6.94. The number of benzene rings is 1. The molecule has 0 aliphatic carbocycles. The Kier molecular flexibility index (Phi) is 8.71. The summed E-state index contributed by atoms with van der Waals surface area (Å²) < 4.78 is 5.38. The van der Waals surface area contributed by atoms with Crippen molar-refractivity contribution in [1.82, 2.24) is 4.90 Å². The molecule has 1 aromatic rings. The third-order valence-corrected chi connectivity index (χ3v) is 2.17. The number of carbonyl (C=O) groups is 1. The molecule has 0 aliphatic heterocycles. The number of amides is 1. The first-order valence-corrected chi connectivity index (χ1v) is 6.46. The van der Waals surface area contributed by atoms with Gasteiger partial charge >= 0.3 is 0 Å². The Balaban J connectivity index is 0.000000873. The number of aryl methyl sites for hydroxylation is 1. The molecule has 3 heteroatoms. The predicted molar refractivity (Wildman–Crippen MR) is 76.0 cm³/mol. The van der Waals surface area contributed by atoms with Gasteiger partial charge in [-0.25, -0.2) is 0 Å². The molecular formula is C15H25NO2. The van der Waals surface area contributed by atoms with Gasteiger partial charge in [-0.2, -0.15) is 0 Å². The molecular weight excluding hydrogens is 226 g/mol. The first kappa shape index (κ1) is 16.5. The average Bonchev–Trinajstić information content (AvgIpc) is 2.37. The summed E-state index contributed by atoms with van der Waals surface area (Å²) in [6, 6.07) is 7.81. The Bertz CT molecular complexity index is 348. The zero-order valence-electron chi connectivity index (χ0n) is 12.2. The first-order chi connectivity index (χ1) is 8.54. The zero-order chi connectivity index (χ0) is 14.0. The van der Waals surface area contributed by atoms with Crippen molar-refractivity contribution in [2.75, 3.05) is 20.7 Å². The van der Waals surface area contributed by atoms with Gasteiger partial charge < -0.3 is 9.64 Å². The molecule has 102 valence electrons. The Morgan fingerprint density at radius 1 is 1.22 bits per heavy atom. The van der Waals surface area contributed by atoms with Gasteiger partial charge in [0.15, 0.2) is 6.61 Å². The van der Waals surface area contributed by atoms with Crippen molar-refractivity contribution in [3.05, 3.63) is 29.8 Å². The summed E-state index contributed by atoms with van der Waals surface area (Å²) in [5.74, 6) is 0.724. The minimum absolute atomic E-state index is 0.0306. The highest BCUT2D eigenvalue weighted by molar-refractivity contribution is 5.77. The fraction of sp³-hybridized carbons (Fsp3) is 0.533. The second kappa shape index (κ2) is 9.51. The molecule has 3 nitrogen and oxygen atoms in total. The van der Waals surface area contributed by atoms with E-state index < -0.39 is 0 Å². The highest BCUT2D eigenvalue weighted by atomic mass is 16.5. The molecule has 0 radical (unpaired) electrons. The quantitative estimate of drug-likeness (QED) is 0.822. The van der Waals surface area contributed by atoms with Crippen molar-refractivity contribution in [3.63, 3.8) is 0 Å². The number of likely N-dealkylation sites (N-methyl/N-ethyl adjacent to an activating group) is 1. The van der Waals surface area contributed by atoms with Gasteiger partial charge in [-0.3, -0.25) is 4.79 Å². The highest BCUT2D eigenvalue weighted by Gasteiger charge is 2.04. The van der Waals surface area contributed by atoms with Crippen LogP contribution in [0.15, 0.2) is 24.3 Å². The van der Waals surface area contributed by atoms with Crippen molar-refractivity contribution >= 4 is 5.91 Å². The van der Waals surface area contributed by atoms with Gasteiger partial charge in [0.1, 0.15) is 5.75 Å². The van der Waals surface area contributed by atoms with Gasteiger partial charge in [0, 0.05) is 14.1 Å². The first-order valence-electron chi connectivity index (χ1n) is 6.46. The normalized spacial score (nSPS) is 9.17. The lowest BCUT2D eigenvalue weighted by Crippen LogP contribution is -2.27. The summed E-state index contributed by atoms with van der Waals surface area (Å²) in [7, 11) is 3.43. The summed E-state index contributed by atoms with van der Waals surface area (Å²) in [5, 5.41) is 0. The van der Waals surface area contributed by atoms with Gasteiger partial charge in [-0.1, -0.05) is 39.3 Å².